The fraction of sp³-hybridized carbons (Fsp3) is 0.455. The predicted molar refractivity (Wildman–Crippen MR) is 117 cm³/mol. The van der Waals surface area contributed by atoms with Gasteiger partial charge in [-0.2, -0.15) is 0 Å². The lowest BCUT2D eigenvalue weighted by molar-refractivity contribution is 0.102. The number of para-hydroxylation sites is 2. The molecule has 0 saturated carbocycles. The third-order valence-corrected chi connectivity index (χ3v) is 4.80. The van der Waals surface area contributed by atoms with Crippen LogP contribution in [-0.4, -0.2) is 25.6 Å². The third kappa shape index (κ3) is 5.84. The van der Waals surface area contributed by atoms with E-state index in [1.807, 2.05) is 18.2 Å². The van der Waals surface area contributed by atoms with Crippen molar-refractivity contribution < 1.29 is 13.9 Å². The van der Waals surface area contributed by atoms with Crippen molar-refractivity contribution >= 4 is 24.0 Å². The molecule has 1 aromatic heterocycles. The lowest BCUT2D eigenvalue weighted by Crippen LogP contribution is -2.30. The molecule has 1 aliphatic heterocycles. The summed E-state index contributed by atoms with van der Waals surface area (Å²) < 4.78 is 11.3. The second kappa shape index (κ2) is 10.5. The van der Waals surface area contributed by atoms with E-state index in [0.717, 1.165) is 25.9 Å². The Bertz CT molecular complexity index is 889. The SMILES string of the molecule is Cc1cc(C2CCCNC2)oc(=O)c1C(=O)Nc1ccccc1OCC(C)C.Cl. The zero-order valence-corrected chi connectivity index (χ0v) is 17.9. The van der Waals surface area contributed by atoms with Crippen LogP contribution in [0.5, 0.6) is 5.75 Å². The van der Waals surface area contributed by atoms with Gasteiger partial charge in [0.05, 0.1) is 12.3 Å². The number of halogens is 1. The van der Waals surface area contributed by atoms with Crippen molar-refractivity contribution in [2.45, 2.75) is 39.5 Å². The molecule has 2 heterocycles. The Kier molecular flexibility index (Phi) is 8.29. The van der Waals surface area contributed by atoms with Crippen LogP contribution in [0.1, 0.15) is 54.3 Å². The van der Waals surface area contributed by atoms with E-state index in [1.165, 1.54) is 0 Å². The molecule has 1 unspecified atom stereocenters. The number of aryl methyl sites for hydroxylation is 1. The van der Waals surface area contributed by atoms with Crippen molar-refractivity contribution in [3.63, 3.8) is 0 Å². The zero-order chi connectivity index (χ0) is 20.1. The number of carbonyl (C=O) groups is 1. The molecule has 1 atom stereocenters. The second-order valence-corrected chi connectivity index (χ2v) is 7.69. The maximum Gasteiger partial charge on any atom is 0.349 e. The van der Waals surface area contributed by atoms with E-state index in [2.05, 4.69) is 24.5 Å². The van der Waals surface area contributed by atoms with Crippen LogP contribution < -0.4 is 21.0 Å². The van der Waals surface area contributed by atoms with E-state index in [9.17, 15) is 9.59 Å². The number of benzene rings is 1. The number of nitrogens with one attached hydrogen (secondary N) is 2. The minimum absolute atomic E-state index is 0. The van der Waals surface area contributed by atoms with Gasteiger partial charge in [0, 0.05) is 12.5 Å². The summed E-state index contributed by atoms with van der Waals surface area (Å²) in [5.74, 6) is 1.27. The van der Waals surface area contributed by atoms with E-state index in [1.54, 1.807) is 19.1 Å². The van der Waals surface area contributed by atoms with E-state index in [0.29, 0.717) is 35.3 Å². The normalized spacial score (nSPS) is 16.2. The predicted octanol–water partition coefficient (Wildman–Crippen LogP) is 4.12. The summed E-state index contributed by atoms with van der Waals surface area (Å²) in [5.41, 5.74) is 0.590. The zero-order valence-electron chi connectivity index (χ0n) is 17.1. The van der Waals surface area contributed by atoms with Gasteiger partial charge in [0.2, 0.25) is 0 Å². The number of rotatable bonds is 6. The van der Waals surface area contributed by atoms with Gasteiger partial charge < -0.3 is 19.8 Å². The van der Waals surface area contributed by atoms with Gasteiger partial charge in [-0.3, -0.25) is 4.79 Å². The lowest BCUT2D eigenvalue weighted by atomic mass is 9.95. The average molecular weight is 421 g/mol. The Morgan fingerprint density at radius 2 is 2.10 bits per heavy atom. The van der Waals surface area contributed by atoms with Crippen LogP contribution in [0.15, 0.2) is 39.5 Å². The summed E-state index contributed by atoms with van der Waals surface area (Å²) in [6.07, 6.45) is 2.02. The first-order valence-electron chi connectivity index (χ1n) is 9.84. The molecular weight excluding hydrogens is 392 g/mol. The highest BCUT2D eigenvalue weighted by Gasteiger charge is 2.23. The topological polar surface area (TPSA) is 80.6 Å². The summed E-state index contributed by atoms with van der Waals surface area (Å²) in [6.45, 7) is 8.19. The smallest absolute Gasteiger partial charge is 0.349 e. The highest BCUT2D eigenvalue weighted by atomic mass is 35.5. The fourth-order valence-electron chi connectivity index (χ4n) is 3.34. The number of ether oxygens (including phenoxy) is 1. The standard InChI is InChI=1S/C22H28N2O4.ClH/c1-14(2)13-27-18-9-5-4-8-17(18)24-21(25)20-15(3)11-19(28-22(20)26)16-7-6-10-23-12-16;/h4-5,8-9,11,14,16,23H,6-7,10,12-13H2,1-3H3,(H,24,25);1H. The molecule has 29 heavy (non-hydrogen) atoms. The average Bonchev–Trinajstić information content (AvgIpc) is 2.67. The largest absolute Gasteiger partial charge is 0.491 e. The molecule has 0 aliphatic carbocycles. The summed E-state index contributed by atoms with van der Waals surface area (Å²) in [5, 5.41) is 6.11. The molecule has 158 valence electrons. The number of hydrogen-bond acceptors (Lipinski definition) is 5. The second-order valence-electron chi connectivity index (χ2n) is 7.69. The van der Waals surface area contributed by atoms with E-state index >= 15 is 0 Å². The van der Waals surface area contributed by atoms with E-state index in [-0.39, 0.29) is 23.9 Å². The minimum Gasteiger partial charge on any atom is -0.491 e. The van der Waals surface area contributed by atoms with E-state index < -0.39 is 11.5 Å². The first-order chi connectivity index (χ1) is 13.5. The number of hydrogen-bond donors (Lipinski definition) is 2. The Balaban J connectivity index is 0.00000300. The van der Waals surface area contributed by atoms with Crippen LogP contribution in [0.4, 0.5) is 5.69 Å². The summed E-state index contributed by atoms with van der Waals surface area (Å²) in [6, 6.07) is 9.03. The van der Waals surface area contributed by atoms with Gasteiger partial charge in [0.1, 0.15) is 17.1 Å². The lowest BCUT2D eigenvalue weighted by Gasteiger charge is -2.22. The molecule has 1 aromatic carbocycles. The maximum atomic E-state index is 12.8. The van der Waals surface area contributed by atoms with Crippen molar-refractivity contribution in [2.24, 2.45) is 5.92 Å². The van der Waals surface area contributed by atoms with Crippen LogP contribution in [-0.2, 0) is 0 Å². The van der Waals surface area contributed by atoms with Crippen LogP contribution >= 0.6 is 12.4 Å². The molecule has 1 aliphatic rings. The molecule has 7 heteroatoms. The number of amides is 1. The van der Waals surface area contributed by atoms with Crippen molar-refractivity contribution in [3.8, 4) is 5.75 Å². The number of anilines is 1. The quantitative estimate of drug-likeness (QED) is 0.734. The van der Waals surface area contributed by atoms with Gasteiger partial charge in [0.15, 0.2) is 0 Å². The van der Waals surface area contributed by atoms with Crippen molar-refractivity contribution in [1.29, 1.82) is 0 Å². The molecule has 1 fully saturated rings. The third-order valence-electron chi connectivity index (χ3n) is 4.80. The van der Waals surface area contributed by atoms with Gasteiger partial charge in [-0.1, -0.05) is 26.0 Å². The van der Waals surface area contributed by atoms with Crippen LogP contribution in [0.2, 0.25) is 0 Å². The molecule has 0 radical (unpaired) electrons. The van der Waals surface area contributed by atoms with E-state index in [4.69, 9.17) is 9.15 Å². The van der Waals surface area contributed by atoms with Crippen LogP contribution in [0.3, 0.4) is 0 Å². The molecule has 0 spiro atoms. The Labute approximate surface area is 177 Å². The molecule has 1 saturated heterocycles. The van der Waals surface area contributed by atoms with Gasteiger partial charge in [-0.05, 0) is 56.0 Å². The van der Waals surface area contributed by atoms with Crippen molar-refractivity contribution in [1.82, 2.24) is 5.32 Å². The highest BCUT2D eigenvalue weighted by molar-refractivity contribution is 6.05. The fourth-order valence-corrected chi connectivity index (χ4v) is 3.34. The van der Waals surface area contributed by atoms with Gasteiger partial charge >= 0.3 is 5.63 Å². The first kappa shape index (κ1) is 23.0. The molecular formula is C22H29ClN2O4. The Morgan fingerprint density at radius 3 is 2.76 bits per heavy atom. The van der Waals surface area contributed by atoms with Crippen molar-refractivity contribution in [3.05, 3.63) is 57.6 Å². The molecule has 6 nitrogen and oxygen atoms in total. The van der Waals surface area contributed by atoms with Crippen LogP contribution in [0, 0.1) is 12.8 Å². The molecule has 2 aromatic rings. The number of carbonyl (C=O) groups excluding carboxylic acids is 1. The molecule has 0 bridgehead atoms. The minimum atomic E-state index is -0.598. The Morgan fingerprint density at radius 1 is 1.34 bits per heavy atom. The summed E-state index contributed by atoms with van der Waals surface area (Å²) in [7, 11) is 0. The highest BCUT2D eigenvalue weighted by Crippen LogP contribution is 2.26. The van der Waals surface area contributed by atoms with Crippen LogP contribution in [0.25, 0.3) is 0 Å². The molecule has 2 N–H and O–H groups in total. The molecule has 3 rings (SSSR count). The first-order valence-corrected chi connectivity index (χ1v) is 9.84. The molecule has 1 amide bonds. The summed E-state index contributed by atoms with van der Waals surface area (Å²) in [4.78, 5) is 25.4. The number of piperidine rings is 1. The van der Waals surface area contributed by atoms with Gasteiger partial charge in [-0.25, -0.2) is 4.79 Å². The monoisotopic (exact) mass is 420 g/mol. The van der Waals surface area contributed by atoms with Gasteiger partial charge in [-0.15, -0.1) is 12.4 Å². The summed E-state index contributed by atoms with van der Waals surface area (Å²) >= 11 is 0. The van der Waals surface area contributed by atoms with Crippen molar-refractivity contribution in [2.75, 3.05) is 25.0 Å². The van der Waals surface area contributed by atoms with Gasteiger partial charge in [0.25, 0.3) is 5.91 Å². The maximum absolute atomic E-state index is 12.8. The Hall–Kier alpha value is -2.31.